The summed E-state index contributed by atoms with van der Waals surface area (Å²) < 4.78 is 0. The maximum Gasteiger partial charge on any atom is 0.317 e. The molecule has 0 radical (unpaired) electrons. The summed E-state index contributed by atoms with van der Waals surface area (Å²) in [4.78, 5) is 21.3. The van der Waals surface area contributed by atoms with Gasteiger partial charge in [0.15, 0.2) is 0 Å². The van der Waals surface area contributed by atoms with Gasteiger partial charge in [-0.3, -0.25) is 4.90 Å². The molecule has 0 saturated carbocycles. The minimum atomic E-state index is 0.0934. The van der Waals surface area contributed by atoms with Crippen LogP contribution in [0.2, 0.25) is 0 Å². The molecule has 1 aromatic heterocycles. The lowest BCUT2D eigenvalue weighted by atomic mass is 10.0. The van der Waals surface area contributed by atoms with E-state index in [0.717, 1.165) is 36.6 Å². The van der Waals surface area contributed by atoms with Crippen LogP contribution < -0.4 is 5.32 Å². The van der Waals surface area contributed by atoms with Crippen molar-refractivity contribution < 1.29 is 4.79 Å². The highest BCUT2D eigenvalue weighted by Gasteiger charge is 2.29. The molecule has 0 aromatic carbocycles. The van der Waals surface area contributed by atoms with E-state index in [4.69, 9.17) is 0 Å². The number of nitrogens with zero attached hydrogens (tertiary/aromatic N) is 3. The van der Waals surface area contributed by atoms with Crippen molar-refractivity contribution in [2.24, 2.45) is 0 Å². The third-order valence-electron chi connectivity index (χ3n) is 4.66. The van der Waals surface area contributed by atoms with Gasteiger partial charge in [-0.1, -0.05) is 0 Å². The first-order valence-corrected chi connectivity index (χ1v) is 9.28. The summed E-state index contributed by atoms with van der Waals surface area (Å²) in [5.41, 5.74) is 1.08. The molecule has 6 heteroatoms. The second-order valence-corrected chi connectivity index (χ2v) is 7.39. The van der Waals surface area contributed by atoms with Crippen molar-refractivity contribution in [3.63, 3.8) is 0 Å². The zero-order valence-corrected chi connectivity index (χ0v) is 14.2. The predicted octanol–water partition coefficient (Wildman–Crippen LogP) is 2.26. The highest BCUT2D eigenvalue weighted by atomic mass is 32.1. The highest BCUT2D eigenvalue weighted by molar-refractivity contribution is 7.09. The van der Waals surface area contributed by atoms with Crippen LogP contribution >= 0.6 is 11.3 Å². The molecule has 3 heterocycles. The number of likely N-dealkylation sites (tertiary alicyclic amines) is 2. The van der Waals surface area contributed by atoms with Gasteiger partial charge in [0.25, 0.3) is 0 Å². The lowest BCUT2D eigenvalue weighted by Gasteiger charge is -2.37. The summed E-state index contributed by atoms with van der Waals surface area (Å²) in [7, 11) is 0. The Morgan fingerprint density at radius 3 is 2.91 bits per heavy atom. The first-order valence-electron chi connectivity index (χ1n) is 8.40. The van der Waals surface area contributed by atoms with Crippen LogP contribution in [0.5, 0.6) is 0 Å². The molecule has 2 aliphatic rings. The van der Waals surface area contributed by atoms with Crippen LogP contribution in [0.25, 0.3) is 0 Å². The van der Waals surface area contributed by atoms with Crippen molar-refractivity contribution in [2.75, 3.05) is 32.7 Å². The van der Waals surface area contributed by atoms with Gasteiger partial charge in [0.05, 0.1) is 10.7 Å². The molecule has 0 bridgehead atoms. The van der Waals surface area contributed by atoms with Crippen LogP contribution in [0.3, 0.4) is 0 Å². The molecule has 2 amide bonds. The predicted molar refractivity (Wildman–Crippen MR) is 89.4 cm³/mol. The quantitative estimate of drug-likeness (QED) is 0.925. The number of carbonyl (C=O) groups excluding carboxylic acids is 1. The topological polar surface area (TPSA) is 48.5 Å². The van der Waals surface area contributed by atoms with Crippen molar-refractivity contribution in [3.8, 4) is 0 Å². The Labute approximate surface area is 136 Å². The van der Waals surface area contributed by atoms with Crippen molar-refractivity contribution in [3.05, 3.63) is 16.1 Å². The van der Waals surface area contributed by atoms with Crippen LogP contribution in [-0.2, 0) is 6.42 Å². The van der Waals surface area contributed by atoms with E-state index in [1.807, 2.05) is 11.8 Å². The molecular formula is C16H26N4OS. The fourth-order valence-corrected chi connectivity index (χ4v) is 4.12. The summed E-state index contributed by atoms with van der Waals surface area (Å²) in [5, 5.41) is 6.22. The van der Waals surface area contributed by atoms with E-state index in [-0.39, 0.29) is 6.03 Å². The molecule has 1 aromatic rings. The molecular weight excluding hydrogens is 296 g/mol. The Morgan fingerprint density at radius 1 is 1.36 bits per heavy atom. The van der Waals surface area contributed by atoms with Crippen molar-refractivity contribution in [1.29, 1.82) is 0 Å². The molecule has 22 heavy (non-hydrogen) atoms. The van der Waals surface area contributed by atoms with Gasteiger partial charge in [-0.05, 0) is 45.7 Å². The fourth-order valence-electron chi connectivity index (χ4n) is 3.48. The number of aryl methyl sites for hydroxylation is 1. The molecule has 2 saturated heterocycles. The zero-order chi connectivity index (χ0) is 15.4. The lowest BCUT2D eigenvalue weighted by molar-refractivity contribution is 0.125. The Hall–Kier alpha value is -1.14. The van der Waals surface area contributed by atoms with Gasteiger partial charge in [0, 0.05) is 37.5 Å². The summed E-state index contributed by atoms with van der Waals surface area (Å²) in [6.07, 6.45) is 5.81. The van der Waals surface area contributed by atoms with Crippen molar-refractivity contribution >= 4 is 17.4 Å². The van der Waals surface area contributed by atoms with E-state index in [2.05, 4.69) is 20.6 Å². The van der Waals surface area contributed by atoms with Crippen molar-refractivity contribution in [1.82, 2.24) is 20.1 Å². The number of nitrogens with one attached hydrogen (secondary N) is 1. The maximum atomic E-state index is 12.3. The second kappa shape index (κ2) is 7.42. The van der Waals surface area contributed by atoms with E-state index < -0.39 is 0 Å². The monoisotopic (exact) mass is 322 g/mol. The summed E-state index contributed by atoms with van der Waals surface area (Å²) >= 11 is 1.67. The number of rotatable bonds is 4. The normalized spacial score (nSPS) is 23.0. The number of thiazole rings is 1. The average Bonchev–Trinajstić information content (AvgIpc) is 3.19. The van der Waals surface area contributed by atoms with E-state index in [0.29, 0.717) is 12.6 Å². The minimum Gasteiger partial charge on any atom is -0.338 e. The molecule has 2 aliphatic heterocycles. The summed E-state index contributed by atoms with van der Waals surface area (Å²) in [6.45, 7) is 6.89. The number of hydrogen-bond acceptors (Lipinski definition) is 4. The van der Waals surface area contributed by atoms with Gasteiger partial charge in [-0.15, -0.1) is 11.3 Å². The van der Waals surface area contributed by atoms with Gasteiger partial charge < -0.3 is 10.2 Å². The first kappa shape index (κ1) is 15.7. The Balaban J connectivity index is 1.43. The van der Waals surface area contributed by atoms with Gasteiger partial charge >= 0.3 is 6.03 Å². The van der Waals surface area contributed by atoms with E-state index in [1.54, 1.807) is 11.3 Å². The molecule has 3 rings (SSSR count). The van der Waals surface area contributed by atoms with Gasteiger partial charge in [-0.2, -0.15) is 0 Å². The van der Waals surface area contributed by atoms with Gasteiger partial charge in [0.1, 0.15) is 0 Å². The highest BCUT2D eigenvalue weighted by Crippen LogP contribution is 2.20. The van der Waals surface area contributed by atoms with Crippen LogP contribution in [0.1, 0.15) is 36.4 Å². The second-order valence-electron chi connectivity index (χ2n) is 6.32. The van der Waals surface area contributed by atoms with Crippen molar-refractivity contribution in [2.45, 2.75) is 45.1 Å². The molecule has 0 spiro atoms. The molecule has 1 N–H and O–H groups in total. The Bertz CT molecular complexity index is 498. The largest absolute Gasteiger partial charge is 0.338 e. The number of aromatic nitrogens is 1. The van der Waals surface area contributed by atoms with Crippen LogP contribution in [0.4, 0.5) is 4.79 Å². The van der Waals surface area contributed by atoms with E-state index >= 15 is 0 Å². The van der Waals surface area contributed by atoms with E-state index in [1.165, 1.54) is 32.4 Å². The molecule has 2 fully saturated rings. The molecule has 5 nitrogen and oxygen atoms in total. The number of carbonyl (C=O) groups is 1. The Morgan fingerprint density at radius 2 is 2.18 bits per heavy atom. The average molecular weight is 322 g/mol. The standard InChI is InChI=1S/C16H26N4OS/c1-13-18-14(12-22-13)6-7-17-16(21)20-10-4-5-15(11-20)19-8-2-3-9-19/h12,15H,2-11H2,1H3,(H,17,21)/t15-/m1/s1. The Kier molecular flexibility index (Phi) is 5.31. The molecule has 1 atom stereocenters. The number of urea groups is 1. The number of amides is 2. The minimum absolute atomic E-state index is 0.0934. The molecule has 0 unspecified atom stereocenters. The van der Waals surface area contributed by atoms with Gasteiger partial charge in [0.2, 0.25) is 0 Å². The maximum absolute atomic E-state index is 12.3. The van der Waals surface area contributed by atoms with Crippen LogP contribution in [-0.4, -0.2) is 59.6 Å². The zero-order valence-electron chi connectivity index (χ0n) is 13.4. The smallest absolute Gasteiger partial charge is 0.317 e. The third-order valence-corrected chi connectivity index (χ3v) is 5.49. The summed E-state index contributed by atoms with van der Waals surface area (Å²) in [6, 6.07) is 0.666. The fraction of sp³-hybridized carbons (Fsp3) is 0.750. The number of piperidine rings is 1. The SMILES string of the molecule is Cc1nc(CCNC(=O)N2CCC[C@@H](N3CCCC3)C2)cs1. The van der Waals surface area contributed by atoms with Gasteiger partial charge in [-0.25, -0.2) is 9.78 Å². The molecule has 122 valence electrons. The summed E-state index contributed by atoms with van der Waals surface area (Å²) in [5.74, 6) is 0. The third kappa shape index (κ3) is 3.98. The van der Waals surface area contributed by atoms with Crippen LogP contribution in [0, 0.1) is 6.92 Å². The molecule has 0 aliphatic carbocycles. The number of hydrogen-bond donors (Lipinski definition) is 1. The lowest BCUT2D eigenvalue weighted by Crippen LogP contribution is -2.52. The van der Waals surface area contributed by atoms with Crippen LogP contribution in [0.15, 0.2) is 5.38 Å². The first-order chi connectivity index (χ1) is 10.7. The van der Waals surface area contributed by atoms with E-state index in [9.17, 15) is 4.79 Å².